The van der Waals surface area contributed by atoms with Crippen molar-refractivity contribution in [3.05, 3.63) is 48.6 Å². The Bertz CT molecular complexity index is 1120. The Morgan fingerprint density at radius 2 is 1.00 bits per heavy atom. The minimum atomic E-state index is -4.35. The molecule has 0 heterocycles. The van der Waals surface area contributed by atoms with Crippen LogP contribution < -0.4 is 5.32 Å². The molecule has 0 aromatic carbocycles. The molecule has 60 heavy (non-hydrogen) atoms. The van der Waals surface area contributed by atoms with Crippen molar-refractivity contribution in [2.24, 2.45) is 0 Å². The Hall–Kier alpha value is -1.54. The molecule has 0 aliphatic heterocycles. The van der Waals surface area contributed by atoms with Crippen LogP contribution in [-0.2, 0) is 18.4 Å². The number of aliphatic hydroxyl groups is 1. The normalized spacial score (nSPS) is 14.6. The van der Waals surface area contributed by atoms with Crippen molar-refractivity contribution in [3.8, 4) is 0 Å². The maximum Gasteiger partial charge on any atom is 0.472 e. The molecule has 3 N–H and O–H groups in total. The van der Waals surface area contributed by atoms with Crippen LogP contribution in [0, 0.1) is 0 Å². The van der Waals surface area contributed by atoms with Gasteiger partial charge in [0.1, 0.15) is 13.2 Å². The number of phosphoric ester groups is 1. The van der Waals surface area contributed by atoms with Gasteiger partial charge in [-0.15, -0.1) is 0 Å². The predicted molar refractivity (Wildman–Crippen MR) is 258 cm³/mol. The number of carbonyl (C=O) groups excluding carboxylic acids is 1. The van der Waals surface area contributed by atoms with Crippen LogP contribution in [0.2, 0.25) is 0 Å². The lowest BCUT2D eigenvalue weighted by molar-refractivity contribution is -0.870. The average molecular weight is 866 g/mol. The number of likely N-dealkylation sites (N-methyl/N-ethyl adjacent to an activating group) is 1. The van der Waals surface area contributed by atoms with E-state index in [1.807, 2.05) is 27.2 Å². The number of hydrogen-bond donors (Lipinski definition) is 3. The third-order valence-corrected chi connectivity index (χ3v) is 12.0. The summed E-state index contributed by atoms with van der Waals surface area (Å²) in [5, 5.41) is 13.8. The average Bonchev–Trinajstić information content (AvgIpc) is 3.20. The van der Waals surface area contributed by atoms with Gasteiger partial charge in [-0.05, 0) is 51.4 Å². The molecule has 0 aliphatic carbocycles. The molecule has 3 atom stereocenters. The van der Waals surface area contributed by atoms with Gasteiger partial charge >= 0.3 is 7.82 Å². The first-order valence-electron chi connectivity index (χ1n) is 25.0. The standard InChI is InChI=1S/C51H97N2O6P/c1-6-8-10-12-14-16-18-20-21-22-23-24-25-26-27-28-29-30-31-33-34-36-38-40-42-44-50(54)49(48-59-60(56,57)58-47-46-53(3,4)5)52-51(55)45-43-41-39-37-35-32-19-17-15-13-11-9-7-2/h9,11,15,17,32,35,42,44,49-50,54H,6-8,10,12-14,16,18-31,33-34,36-41,43,45-48H2,1-5H3,(H-,52,55,56,57)/p+1/b11-9-,17-15-,35-32-,44-42+. The Kier molecular flexibility index (Phi) is 41.6. The first-order chi connectivity index (χ1) is 29.0. The van der Waals surface area contributed by atoms with Gasteiger partial charge in [0.15, 0.2) is 0 Å². The van der Waals surface area contributed by atoms with E-state index in [0.717, 1.165) is 64.2 Å². The van der Waals surface area contributed by atoms with Gasteiger partial charge in [0, 0.05) is 6.42 Å². The molecule has 0 radical (unpaired) electrons. The highest BCUT2D eigenvalue weighted by Gasteiger charge is 2.27. The summed E-state index contributed by atoms with van der Waals surface area (Å²) in [4.78, 5) is 23.1. The van der Waals surface area contributed by atoms with E-state index in [9.17, 15) is 19.4 Å². The molecule has 0 saturated heterocycles. The number of amides is 1. The number of allylic oxidation sites excluding steroid dienone is 7. The van der Waals surface area contributed by atoms with Gasteiger partial charge in [0.25, 0.3) is 0 Å². The fraction of sp³-hybridized carbons (Fsp3) is 0.824. The van der Waals surface area contributed by atoms with Crippen LogP contribution in [-0.4, -0.2) is 73.4 Å². The van der Waals surface area contributed by atoms with E-state index in [0.29, 0.717) is 17.4 Å². The molecular formula is C51H98N2O6P+. The number of aliphatic hydroxyl groups excluding tert-OH is 1. The minimum Gasteiger partial charge on any atom is -0.387 e. The number of nitrogens with one attached hydrogen (secondary N) is 1. The van der Waals surface area contributed by atoms with Gasteiger partial charge in [0.2, 0.25) is 5.91 Å². The number of phosphoric acid groups is 1. The molecule has 0 aliphatic rings. The van der Waals surface area contributed by atoms with Crippen molar-refractivity contribution in [3.63, 3.8) is 0 Å². The van der Waals surface area contributed by atoms with Crippen molar-refractivity contribution in [1.82, 2.24) is 5.32 Å². The third kappa shape index (κ3) is 44.5. The van der Waals surface area contributed by atoms with Crippen molar-refractivity contribution in [1.29, 1.82) is 0 Å². The Morgan fingerprint density at radius 3 is 1.47 bits per heavy atom. The number of unbranched alkanes of at least 4 members (excludes halogenated alkanes) is 26. The van der Waals surface area contributed by atoms with Crippen molar-refractivity contribution in [2.75, 3.05) is 40.9 Å². The lowest BCUT2D eigenvalue weighted by atomic mass is 10.0. The van der Waals surface area contributed by atoms with E-state index in [-0.39, 0.29) is 19.1 Å². The zero-order valence-electron chi connectivity index (χ0n) is 39.9. The van der Waals surface area contributed by atoms with Crippen LogP contribution in [0.15, 0.2) is 48.6 Å². The number of nitrogens with zero attached hydrogens (tertiary/aromatic N) is 1. The zero-order chi connectivity index (χ0) is 44.3. The summed E-state index contributed by atoms with van der Waals surface area (Å²) in [5.74, 6) is -0.206. The Morgan fingerprint density at radius 1 is 0.583 bits per heavy atom. The highest BCUT2D eigenvalue weighted by atomic mass is 31.2. The van der Waals surface area contributed by atoms with Gasteiger partial charge in [0.05, 0.1) is 39.9 Å². The molecule has 0 bridgehead atoms. The van der Waals surface area contributed by atoms with E-state index in [4.69, 9.17) is 9.05 Å². The summed E-state index contributed by atoms with van der Waals surface area (Å²) < 4.78 is 23.6. The SMILES string of the molecule is CC/C=C\C/C=C\C/C=C\CCCCCC(=O)NC(COP(=O)(O)OCC[N+](C)(C)C)C(O)/C=C/CCCCCCCCCCCCCCCCCCCCCCCCC. The second kappa shape index (κ2) is 42.7. The van der Waals surface area contributed by atoms with Gasteiger partial charge in [-0.3, -0.25) is 13.8 Å². The molecule has 0 rings (SSSR count). The summed E-state index contributed by atoms with van der Waals surface area (Å²) in [6, 6.07) is -0.862. The van der Waals surface area contributed by atoms with E-state index in [2.05, 4.69) is 55.6 Å². The van der Waals surface area contributed by atoms with Crippen LogP contribution >= 0.6 is 7.82 Å². The molecular weight excluding hydrogens is 768 g/mol. The minimum absolute atomic E-state index is 0.0544. The molecule has 9 heteroatoms. The lowest BCUT2D eigenvalue weighted by Crippen LogP contribution is -2.45. The second-order valence-corrected chi connectivity index (χ2v) is 19.6. The summed E-state index contributed by atoms with van der Waals surface area (Å²) in [7, 11) is 1.55. The largest absolute Gasteiger partial charge is 0.472 e. The predicted octanol–water partition coefficient (Wildman–Crippen LogP) is 14.4. The molecule has 8 nitrogen and oxygen atoms in total. The number of carbonyl (C=O) groups is 1. The summed E-state index contributed by atoms with van der Waals surface area (Å²) in [6.07, 6.45) is 54.9. The molecule has 0 aromatic heterocycles. The van der Waals surface area contributed by atoms with E-state index >= 15 is 0 Å². The third-order valence-electron chi connectivity index (χ3n) is 11.1. The molecule has 3 unspecified atom stereocenters. The topological polar surface area (TPSA) is 105 Å². The number of quaternary nitrogens is 1. The van der Waals surface area contributed by atoms with Gasteiger partial charge in [-0.2, -0.15) is 0 Å². The van der Waals surface area contributed by atoms with Crippen molar-refractivity contribution in [2.45, 2.75) is 231 Å². The molecule has 0 saturated carbocycles. The molecule has 0 fully saturated rings. The monoisotopic (exact) mass is 866 g/mol. The maximum atomic E-state index is 12.9. The first-order valence-corrected chi connectivity index (χ1v) is 26.5. The van der Waals surface area contributed by atoms with Crippen LogP contribution in [0.3, 0.4) is 0 Å². The van der Waals surface area contributed by atoms with Crippen molar-refractivity contribution >= 4 is 13.7 Å². The van der Waals surface area contributed by atoms with Crippen LogP contribution in [0.4, 0.5) is 0 Å². The molecule has 352 valence electrons. The van der Waals surface area contributed by atoms with Crippen LogP contribution in [0.25, 0.3) is 0 Å². The summed E-state index contributed by atoms with van der Waals surface area (Å²) in [5.41, 5.74) is 0. The van der Waals surface area contributed by atoms with Gasteiger partial charge in [-0.25, -0.2) is 4.57 Å². The van der Waals surface area contributed by atoms with E-state index < -0.39 is 20.0 Å². The van der Waals surface area contributed by atoms with E-state index in [1.165, 1.54) is 135 Å². The smallest absolute Gasteiger partial charge is 0.387 e. The number of rotatable bonds is 45. The second-order valence-electron chi connectivity index (χ2n) is 18.2. The lowest BCUT2D eigenvalue weighted by Gasteiger charge is -2.25. The quantitative estimate of drug-likeness (QED) is 0.0244. The molecule has 1 amide bonds. The van der Waals surface area contributed by atoms with E-state index in [1.54, 1.807) is 6.08 Å². The van der Waals surface area contributed by atoms with Crippen molar-refractivity contribution < 1.29 is 32.9 Å². The van der Waals surface area contributed by atoms with Crippen LogP contribution in [0.1, 0.15) is 219 Å². The first kappa shape index (κ1) is 58.5. The Labute approximate surface area is 371 Å². The summed E-state index contributed by atoms with van der Waals surface area (Å²) >= 11 is 0. The fourth-order valence-electron chi connectivity index (χ4n) is 7.11. The fourth-order valence-corrected chi connectivity index (χ4v) is 7.85. The summed E-state index contributed by atoms with van der Waals surface area (Å²) in [6.45, 7) is 4.68. The molecule has 0 spiro atoms. The molecule has 0 aromatic rings. The number of hydrogen-bond acceptors (Lipinski definition) is 5. The van der Waals surface area contributed by atoms with Gasteiger partial charge < -0.3 is 19.8 Å². The maximum absolute atomic E-state index is 12.9. The Balaban J connectivity index is 4.26. The highest BCUT2D eigenvalue weighted by Crippen LogP contribution is 2.43. The zero-order valence-corrected chi connectivity index (χ0v) is 40.8. The van der Waals surface area contributed by atoms with Gasteiger partial charge in [-0.1, -0.05) is 210 Å². The highest BCUT2D eigenvalue weighted by molar-refractivity contribution is 7.47. The van der Waals surface area contributed by atoms with Crippen LogP contribution in [0.5, 0.6) is 0 Å².